The first-order chi connectivity index (χ1) is 11.9. The van der Waals surface area contributed by atoms with E-state index in [1.165, 1.54) is 6.07 Å². The predicted octanol–water partition coefficient (Wildman–Crippen LogP) is 4.48. The van der Waals surface area contributed by atoms with Crippen LogP contribution in [0.1, 0.15) is 16.8 Å². The third-order valence-electron chi connectivity index (χ3n) is 3.50. The van der Waals surface area contributed by atoms with E-state index < -0.39 is 11.7 Å². The molecule has 0 saturated heterocycles. The summed E-state index contributed by atoms with van der Waals surface area (Å²) in [5.41, 5.74) is 1.38. The smallest absolute Gasteiger partial charge is 0.366 e. The Bertz CT molecular complexity index is 864. The molecule has 3 rings (SSSR count). The zero-order valence-corrected chi connectivity index (χ0v) is 13.4. The van der Waals surface area contributed by atoms with Crippen molar-refractivity contribution in [2.24, 2.45) is 0 Å². The van der Waals surface area contributed by atoms with Gasteiger partial charge in [0.05, 0.1) is 5.56 Å². The number of nitrogens with zero attached hydrogens (tertiary/aromatic N) is 3. The van der Waals surface area contributed by atoms with Crippen LogP contribution in [0.2, 0.25) is 0 Å². The predicted molar refractivity (Wildman–Crippen MR) is 88.8 cm³/mol. The second-order valence-corrected chi connectivity index (χ2v) is 5.51. The van der Waals surface area contributed by atoms with Gasteiger partial charge >= 0.3 is 6.18 Å². The molecule has 0 saturated carbocycles. The van der Waals surface area contributed by atoms with Gasteiger partial charge in [0, 0.05) is 36.3 Å². The summed E-state index contributed by atoms with van der Waals surface area (Å²) in [6.07, 6.45) is -1.04. The first-order valence-electron chi connectivity index (χ1n) is 7.58. The van der Waals surface area contributed by atoms with Gasteiger partial charge in [0.1, 0.15) is 5.82 Å². The number of aromatic nitrogens is 3. The highest BCUT2D eigenvalue weighted by Gasteiger charge is 2.30. The van der Waals surface area contributed by atoms with Gasteiger partial charge in [-0.2, -0.15) is 13.2 Å². The highest BCUT2D eigenvalue weighted by molar-refractivity contribution is 5.56. The molecule has 128 valence electrons. The van der Waals surface area contributed by atoms with E-state index in [0.717, 1.165) is 23.4 Å². The summed E-state index contributed by atoms with van der Waals surface area (Å²) in [5.74, 6) is 1.06. The van der Waals surface area contributed by atoms with E-state index in [2.05, 4.69) is 20.3 Å². The van der Waals surface area contributed by atoms with Crippen molar-refractivity contribution >= 4 is 5.82 Å². The summed E-state index contributed by atoms with van der Waals surface area (Å²) >= 11 is 0. The van der Waals surface area contributed by atoms with Gasteiger partial charge in [-0.1, -0.05) is 12.1 Å². The van der Waals surface area contributed by atoms with Gasteiger partial charge in [0.25, 0.3) is 0 Å². The van der Waals surface area contributed by atoms with Gasteiger partial charge in [-0.15, -0.1) is 0 Å². The van der Waals surface area contributed by atoms with E-state index in [4.69, 9.17) is 0 Å². The summed E-state index contributed by atoms with van der Waals surface area (Å²) in [6.45, 7) is 2.06. The molecular weight excluding hydrogens is 329 g/mol. The fourth-order valence-corrected chi connectivity index (χ4v) is 2.33. The number of pyridine rings is 1. The van der Waals surface area contributed by atoms with E-state index in [0.29, 0.717) is 17.2 Å². The van der Waals surface area contributed by atoms with Gasteiger partial charge in [-0.25, -0.2) is 9.97 Å². The largest absolute Gasteiger partial charge is 0.416 e. The minimum Gasteiger partial charge on any atom is -0.366 e. The van der Waals surface area contributed by atoms with Gasteiger partial charge in [0.2, 0.25) is 0 Å². The van der Waals surface area contributed by atoms with E-state index in [-0.39, 0.29) is 6.54 Å². The summed E-state index contributed by atoms with van der Waals surface area (Å²) in [5, 5.41) is 3.05. The summed E-state index contributed by atoms with van der Waals surface area (Å²) < 4.78 is 38.3. The molecule has 7 heteroatoms. The molecule has 4 nitrogen and oxygen atoms in total. The molecule has 0 bridgehead atoms. The van der Waals surface area contributed by atoms with Crippen molar-refractivity contribution in [2.45, 2.75) is 19.6 Å². The van der Waals surface area contributed by atoms with Crippen molar-refractivity contribution in [3.8, 4) is 11.4 Å². The molecular formula is C18H15F3N4. The van der Waals surface area contributed by atoms with E-state index in [9.17, 15) is 13.2 Å². The molecule has 0 amide bonds. The normalized spacial score (nSPS) is 11.4. The Morgan fingerprint density at radius 2 is 1.88 bits per heavy atom. The molecule has 2 heterocycles. The fraction of sp³-hybridized carbons (Fsp3) is 0.167. The van der Waals surface area contributed by atoms with Gasteiger partial charge in [-0.3, -0.25) is 4.98 Å². The third kappa shape index (κ3) is 4.32. The Morgan fingerprint density at radius 1 is 1.04 bits per heavy atom. The first-order valence-corrected chi connectivity index (χ1v) is 7.58. The third-order valence-corrected chi connectivity index (χ3v) is 3.50. The number of rotatable bonds is 4. The number of hydrogen-bond donors (Lipinski definition) is 1. The number of nitrogens with one attached hydrogen (secondary N) is 1. The van der Waals surface area contributed by atoms with Crippen LogP contribution in [0.4, 0.5) is 19.0 Å². The standard InChI is InChI=1S/C18H15F3N4/c1-12-8-16(25-17(24-12)14-5-3-7-22-11-14)23-10-13-4-2-6-15(9-13)18(19,20)21/h2-9,11H,10H2,1H3,(H,23,24,25). The fourth-order valence-electron chi connectivity index (χ4n) is 2.33. The van der Waals surface area contributed by atoms with Gasteiger partial charge in [0.15, 0.2) is 5.82 Å². The van der Waals surface area contributed by atoms with E-state index in [1.54, 1.807) is 30.6 Å². The van der Waals surface area contributed by atoms with Crippen LogP contribution in [0.25, 0.3) is 11.4 Å². The number of alkyl halides is 3. The van der Waals surface area contributed by atoms with E-state index >= 15 is 0 Å². The molecule has 0 aliphatic heterocycles. The van der Waals surface area contributed by atoms with Crippen LogP contribution in [0.15, 0.2) is 54.9 Å². The first kappa shape index (κ1) is 16.9. The SMILES string of the molecule is Cc1cc(NCc2cccc(C(F)(F)F)c2)nc(-c2cccnc2)n1. The highest BCUT2D eigenvalue weighted by atomic mass is 19.4. The topological polar surface area (TPSA) is 50.7 Å². The Hall–Kier alpha value is -2.96. The molecule has 3 aromatic rings. The van der Waals surface area contributed by atoms with Crippen LogP contribution in [-0.4, -0.2) is 15.0 Å². The lowest BCUT2D eigenvalue weighted by atomic mass is 10.1. The number of benzene rings is 1. The minimum atomic E-state index is -4.35. The zero-order valence-electron chi connectivity index (χ0n) is 13.4. The summed E-state index contributed by atoms with van der Waals surface area (Å²) in [4.78, 5) is 12.8. The molecule has 25 heavy (non-hydrogen) atoms. The molecule has 0 spiro atoms. The molecule has 0 aliphatic carbocycles. The zero-order chi connectivity index (χ0) is 17.9. The lowest BCUT2D eigenvalue weighted by Gasteiger charge is -2.11. The lowest BCUT2D eigenvalue weighted by molar-refractivity contribution is -0.137. The molecule has 1 N–H and O–H groups in total. The van der Waals surface area contributed by atoms with Crippen LogP contribution in [0, 0.1) is 6.92 Å². The van der Waals surface area contributed by atoms with Crippen LogP contribution < -0.4 is 5.32 Å². The van der Waals surface area contributed by atoms with Crippen LogP contribution >= 0.6 is 0 Å². The lowest BCUT2D eigenvalue weighted by Crippen LogP contribution is -2.08. The Labute approximate surface area is 142 Å². The highest BCUT2D eigenvalue weighted by Crippen LogP contribution is 2.29. The average molecular weight is 344 g/mol. The van der Waals surface area contributed by atoms with Crippen molar-refractivity contribution in [3.63, 3.8) is 0 Å². The van der Waals surface area contributed by atoms with Gasteiger partial charge in [-0.05, 0) is 36.8 Å². The second-order valence-electron chi connectivity index (χ2n) is 5.51. The number of hydrogen-bond acceptors (Lipinski definition) is 4. The summed E-state index contributed by atoms with van der Waals surface area (Å²) in [6, 6.07) is 10.6. The monoisotopic (exact) mass is 344 g/mol. The second kappa shape index (κ2) is 6.88. The van der Waals surface area contributed by atoms with Crippen LogP contribution in [-0.2, 0) is 12.7 Å². The number of aryl methyl sites for hydroxylation is 1. The maximum atomic E-state index is 12.8. The van der Waals surface area contributed by atoms with Crippen molar-refractivity contribution in [2.75, 3.05) is 5.32 Å². The molecule has 0 radical (unpaired) electrons. The Balaban J connectivity index is 1.79. The average Bonchev–Trinajstić information content (AvgIpc) is 2.60. The summed E-state index contributed by atoms with van der Waals surface area (Å²) in [7, 11) is 0. The minimum absolute atomic E-state index is 0.229. The molecule has 0 aliphatic rings. The van der Waals surface area contributed by atoms with Crippen molar-refractivity contribution in [1.29, 1.82) is 0 Å². The molecule has 0 unspecified atom stereocenters. The number of anilines is 1. The Morgan fingerprint density at radius 3 is 2.60 bits per heavy atom. The van der Waals surface area contributed by atoms with Crippen molar-refractivity contribution in [1.82, 2.24) is 15.0 Å². The molecule has 0 atom stereocenters. The van der Waals surface area contributed by atoms with Crippen molar-refractivity contribution in [3.05, 3.63) is 71.7 Å². The number of halogens is 3. The maximum Gasteiger partial charge on any atom is 0.416 e. The van der Waals surface area contributed by atoms with Crippen molar-refractivity contribution < 1.29 is 13.2 Å². The molecule has 0 fully saturated rings. The molecule has 1 aromatic carbocycles. The van der Waals surface area contributed by atoms with E-state index in [1.807, 2.05) is 13.0 Å². The quantitative estimate of drug-likeness (QED) is 0.758. The molecule has 2 aromatic heterocycles. The van der Waals surface area contributed by atoms with Gasteiger partial charge < -0.3 is 5.32 Å². The van der Waals surface area contributed by atoms with Crippen LogP contribution in [0.3, 0.4) is 0 Å². The maximum absolute atomic E-state index is 12.8. The Kier molecular flexibility index (Phi) is 4.65. The van der Waals surface area contributed by atoms with Crippen LogP contribution in [0.5, 0.6) is 0 Å².